The summed E-state index contributed by atoms with van der Waals surface area (Å²) in [5, 5.41) is 2.28. The Balaban J connectivity index is 2.25. The Morgan fingerprint density at radius 1 is 1.47 bits per heavy atom. The Hall–Kier alpha value is -1.53. The molecule has 1 aromatic rings. The van der Waals surface area contributed by atoms with Crippen LogP contribution >= 0.6 is 0 Å². The van der Waals surface area contributed by atoms with Crippen molar-refractivity contribution < 1.29 is 13.2 Å². The van der Waals surface area contributed by atoms with E-state index < -0.39 is 17.3 Å². The highest BCUT2D eigenvalue weighted by Gasteiger charge is 2.64. The standard InChI is InChI=1S/C12H16F3N3O/c1-8(2)7-18-6-5-16-9(10(18)19)17-11(3-4-11)12(13,14)15/h5-6,8H,3-4,7H2,1-2H3,(H,16,17). The number of alkyl halides is 3. The third-order valence-corrected chi connectivity index (χ3v) is 3.13. The van der Waals surface area contributed by atoms with Gasteiger partial charge in [-0.15, -0.1) is 0 Å². The van der Waals surface area contributed by atoms with Crippen LogP contribution in [0.25, 0.3) is 0 Å². The fourth-order valence-electron chi connectivity index (χ4n) is 1.90. The average molecular weight is 275 g/mol. The molecule has 0 radical (unpaired) electrons. The van der Waals surface area contributed by atoms with Crippen molar-refractivity contribution in [2.45, 2.75) is 44.9 Å². The van der Waals surface area contributed by atoms with Gasteiger partial charge in [-0.25, -0.2) is 4.98 Å². The molecular weight excluding hydrogens is 259 g/mol. The molecule has 2 rings (SSSR count). The molecule has 106 valence electrons. The lowest BCUT2D eigenvalue weighted by Crippen LogP contribution is -2.41. The molecule has 0 amide bonds. The van der Waals surface area contributed by atoms with Crippen LogP contribution in [0.15, 0.2) is 17.2 Å². The SMILES string of the molecule is CC(C)Cn1ccnc(NC2(C(F)(F)F)CC2)c1=O. The minimum Gasteiger partial charge on any atom is -0.352 e. The summed E-state index contributed by atoms with van der Waals surface area (Å²) in [6, 6.07) is 0. The predicted molar refractivity (Wildman–Crippen MR) is 65.0 cm³/mol. The summed E-state index contributed by atoms with van der Waals surface area (Å²) < 4.78 is 39.9. The molecule has 1 fully saturated rings. The Bertz CT molecular complexity index is 518. The van der Waals surface area contributed by atoms with Gasteiger partial charge in [0.15, 0.2) is 5.82 Å². The molecule has 1 saturated carbocycles. The monoisotopic (exact) mass is 275 g/mol. The first-order valence-electron chi connectivity index (χ1n) is 6.15. The smallest absolute Gasteiger partial charge is 0.352 e. The highest BCUT2D eigenvalue weighted by atomic mass is 19.4. The van der Waals surface area contributed by atoms with E-state index in [2.05, 4.69) is 10.3 Å². The molecule has 0 atom stereocenters. The van der Waals surface area contributed by atoms with Gasteiger partial charge in [0.25, 0.3) is 5.56 Å². The lowest BCUT2D eigenvalue weighted by Gasteiger charge is -2.21. The van der Waals surface area contributed by atoms with Crippen molar-refractivity contribution in [3.63, 3.8) is 0 Å². The molecule has 19 heavy (non-hydrogen) atoms. The summed E-state index contributed by atoms with van der Waals surface area (Å²) in [5.74, 6) is 0.00317. The lowest BCUT2D eigenvalue weighted by molar-refractivity contribution is -0.151. The van der Waals surface area contributed by atoms with Crippen molar-refractivity contribution in [1.82, 2.24) is 9.55 Å². The minimum atomic E-state index is -4.36. The first-order chi connectivity index (χ1) is 8.75. The highest BCUT2D eigenvalue weighted by Crippen LogP contribution is 2.50. The van der Waals surface area contributed by atoms with E-state index in [-0.39, 0.29) is 24.6 Å². The van der Waals surface area contributed by atoms with Gasteiger partial charge in [0.2, 0.25) is 0 Å². The second-order valence-electron chi connectivity index (χ2n) is 5.33. The van der Waals surface area contributed by atoms with Crippen LogP contribution in [0.3, 0.4) is 0 Å². The number of nitrogens with zero attached hydrogens (tertiary/aromatic N) is 2. The molecule has 1 N–H and O–H groups in total. The quantitative estimate of drug-likeness (QED) is 0.918. The van der Waals surface area contributed by atoms with Gasteiger partial charge in [0.1, 0.15) is 5.54 Å². The molecule has 1 heterocycles. The molecule has 0 saturated heterocycles. The molecule has 0 spiro atoms. The summed E-state index contributed by atoms with van der Waals surface area (Å²) in [6.07, 6.45) is -1.56. The second kappa shape index (κ2) is 4.54. The third-order valence-electron chi connectivity index (χ3n) is 3.13. The maximum absolute atomic E-state index is 12.8. The number of rotatable bonds is 4. The van der Waals surface area contributed by atoms with E-state index in [1.54, 1.807) is 0 Å². The molecule has 7 heteroatoms. The second-order valence-corrected chi connectivity index (χ2v) is 5.33. The minimum absolute atomic E-state index is 0.0172. The number of hydrogen-bond donors (Lipinski definition) is 1. The Kier molecular flexibility index (Phi) is 3.32. The fraction of sp³-hybridized carbons (Fsp3) is 0.667. The van der Waals surface area contributed by atoms with Gasteiger partial charge >= 0.3 is 6.18 Å². The van der Waals surface area contributed by atoms with Crippen molar-refractivity contribution in [2.75, 3.05) is 5.32 Å². The maximum Gasteiger partial charge on any atom is 0.411 e. The molecule has 1 aromatic heterocycles. The van der Waals surface area contributed by atoms with Crippen molar-refractivity contribution in [1.29, 1.82) is 0 Å². The van der Waals surface area contributed by atoms with Crippen LogP contribution in [-0.4, -0.2) is 21.3 Å². The van der Waals surface area contributed by atoms with E-state index >= 15 is 0 Å². The summed E-state index contributed by atoms with van der Waals surface area (Å²) in [6.45, 7) is 4.31. The summed E-state index contributed by atoms with van der Waals surface area (Å²) in [5.41, 5.74) is -2.47. The molecule has 0 aromatic carbocycles. The van der Waals surface area contributed by atoms with Gasteiger partial charge in [0, 0.05) is 18.9 Å². The number of nitrogens with one attached hydrogen (secondary N) is 1. The number of halogens is 3. The Morgan fingerprint density at radius 2 is 2.11 bits per heavy atom. The van der Waals surface area contributed by atoms with Crippen molar-refractivity contribution in [2.24, 2.45) is 5.92 Å². The predicted octanol–water partition coefficient (Wildman–Crippen LogP) is 2.41. The van der Waals surface area contributed by atoms with E-state index in [9.17, 15) is 18.0 Å². The molecule has 4 nitrogen and oxygen atoms in total. The van der Waals surface area contributed by atoms with Crippen LogP contribution in [0, 0.1) is 5.92 Å². The van der Waals surface area contributed by atoms with Crippen LogP contribution in [0.4, 0.5) is 19.0 Å². The number of hydrogen-bond acceptors (Lipinski definition) is 3. The normalized spacial score (nSPS) is 17.6. The highest BCUT2D eigenvalue weighted by molar-refractivity contribution is 5.39. The molecule has 0 aliphatic heterocycles. The van der Waals surface area contributed by atoms with Crippen LogP contribution < -0.4 is 10.9 Å². The van der Waals surface area contributed by atoms with E-state index in [0.717, 1.165) is 0 Å². The first-order valence-corrected chi connectivity index (χ1v) is 6.15. The van der Waals surface area contributed by atoms with Crippen LogP contribution in [-0.2, 0) is 6.54 Å². The summed E-state index contributed by atoms with van der Waals surface area (Å²) >= 11 is 0. The summed E-state index contributed by atoms with van der Waals surface area (Å²) in [4.78, 5) is 15.7. The van der Waals surface area contributed by atoms with E-state index in [1.165, 1.54) is 17.0 Å². The van der Waals surface area contributed by atoms with Crippen molar-refractivity contribution in [3.05, 3.63) is 22.7 Å². The zero-order valence-corrected chi connectivity index (χ0v) is 10.8. The van der Waals surface area contributed by atoms with E-state index in [1.807, 2.05) is 13.8 Å². The first kappa shape index (κ1) is 13.9. The Morgan fingerprint density at radius 3 is 2.58 bits per heavy atom. The van der Waals surface area contributed by atoms with Crippen LogP contribution in [0.2, 0.25) is 0 Å². The molecular formula is C12H16F3N3O. The number of aromatic nitrogens is 2. The fourth-order valence-corrected chi connectivity index (χ4v) is 1.90. The van der Waals surface area contributed by atoms with Gasteiger partial charge < -0.3 is 9.88 Å². The largest absolute Gasteiger partial charge is 0.411 e. The van der Waals surface area contributed by atoms with Gasteiger partial charge in [-0.3, -0.25) is 4.79 Å². The maximum atomic E-state index is 12.8. The zero-order chi connectivity index (χ0) is 14.3. The number of anilines is 1. The van der Waals surface area contributed by atoms with Gasteiger partial charge in [-0.05, 0) is 18.8 Å². The van der Waals surface area contributed by atoms with Gasteiger partial charge in [0.05, 0.1) is 0 Å². The van der Waals surface area contributed by atoms with Crippen LogP contribution in [0.1, 0.15) is 26.7 Å². The third kappa shape index (κ3) is 2.74. The van der Waals surface area contributed by atoms with Gasteiger partial charge in [-0.1, -0.05) is 13.8 Å². The van der Waals surface area contributed by atoms with E-state index in [0.29, 0.717) is 6.54 Å². The summed E-state index contributed by atoms with van der Waals surface area (Å²) in [7, 11) is 0. The zero-order valence-electron chi connectivity index (χ0n) is 10.8. The molecule has 0 unspecified atom stereocenters. The molecule has 0 bridgehead atoms. The van der Waals surface area contributed by atoms with Gasteiger partial charge in [-0.2, -0.15) is 13.2 Å². The topological polar surface area (TPSA) is 46.9 Å². The average Bonchev–Trinajstić information content (AvgIpc) is 3.03. The van der Waals surface area contributed by atoms with E-state index in [4.69, 9.17) is 0 Å². The Labute approximate surface area is 108 Å². The van der Waals surface area contributed by atoms with Crippen LogP contribution in [0.5, 0.6) is 0 Å². The van der Waals surface area contributed by atoms with Crippen molar-refractivity contribution in [3.8, 4) is 0 Å². The molecule has 1 aliphatic carbocycles. The lowest BCUT2D eigenvalue weighted by atomic mass is 10.2. The van der Waals surface area contributed by atoms with Crippen molar-refractivity contribution >= 4 is 5.82 Å². The molecule has 1 aliphatic rings.